The van der Waals surface area contributed by atoms with E-state index in [1.165, 1.54) is 32.2 Å². The topological polar surface area (TPSA) is 65.7 Å². The third-order valence-corrected chi connectivity index (χ3v) is 4.31. The molecule has 0 aliphatic heterocycles. The van der Waals surface area contributed by atoms with E-state index in [0.717, 1.165) is 30.2 Å². The molecule has 1 aromatic carbocycles. The van der Waals surface area contributed by atoms with E-state index in [-0.39, 0.29) is 0 Å². The highest BCUT2D eigenvalue weighted by molar-refractivity contribution is 5.79. The molecule has 2 aromatic rings. The molecule has 1 aromatic heterocycles. The van der Waals surface area contributed by atoms with Crippen molar-refractivity contribution in [3.8, 4) is 11.5 Å². The normalized spacial score (nSPS) is 11.8. The Labute approximate surface area is 163 Å². The van der Waals surface area contributed by atoms with Crippen LogP contribution in [0, 0.1) is 0 Å². The molecule has 1 heterocycles. The highest BCUT2D eigenvalue weighted by Gasteiger charge is 2.06. The van der Waals surface area contributed by atoms with Crippen LogP contribution in [0.4, 0.5) is 0 Å². The summed E-state index contributed by atoms with van der Waals surface area (Å²) in [7, 11) is 6.04. The van der Waals surface area contributed by atoms with Crippen LogP contribution in [0.25, 0.3) is 11.5 Å². The third kappa shape index (κ3) is 8.26. The van der Waals surface area contributed by atoms with Crippen molar-refractivity contribution < 1.29 is 4.42 Å². The van der Waals surface area contributed by atoms with Crippen molar-refractivity contribution in [3.63, 3.8) is 0 Å². The SMILES string of the molecule is CN=C(NCCCCCCCN(C)C)NCc1coc(-c2ccccc2)n1. The summed E-state index contributed by atoms with van der Waals surface area (Å²) in [4.78, 5) is 11.0. The largest absolute Gasteiger partial charge is 0.444 e. The molecule has 0 saturated carbocycles. The van der Waals surface area contributed by atoms with Gasteiger partial charge in [0.25, 0.3) is 0 Å². The lowest BCUT2D eigenvalue weighted by Crippen LogP contribution is -2.37. The Bertz CT molecular complexity index is 666. The maximum absolute atomic E-state index is 5.56. The molecule has 0 bridgehead atoms. The van der Waals surface area contributed by atoms with E-state index >= 15 is 0 Å². The maximum atomic E-state index is 5.56. The van der Waals surface area contributed by atoms with Gasteiger partial charge in [-0.1, -0.05) is 37.5 Å². The minimum Gasteiger partial charge on any atom is -0.444 e. The van der Waals surface area contributed by atoms with Crippen LogP contribution in [0.1, 0.15) is 37.8 Å². The minimum atomic E-state index is 0.584. The van der Waals surface area contributed by atoms with Crippen LogP contribution >= 0.6 is 0 Å². The van der Waals surface area contributed by atoms with Crippen molar-refractivity contribution in [1.29, 1.82) is 0 Å². The summed E-state index contributed by atoms with van der Waals surface area (Å²) in [6, 6.07) is 9.92. The molecule has 0 aliphatic carbocycles. The van der Waals surface area contributed by atoms with Gasteiger partial charge in [-0.2, -0.15) is 0 Å². The first-order valence-corrected chi connectivity index (χ1v) is 9.78. The first kappa shape index (κ1) is 21.0. The van der Waals surface area contributed by atoms with Crippen molar-refractivity contribution >= 4 is 5.96 Å². The summed E-state index contributed by atoms with van der Waals surface area (Å²) in [5.41, 5.74) is 1.84. The third-order valence-electron chi connectivity index (χ3n) is 4.31. The van der Waals surface area contributed by atoms with Crippen LogP contribution in [-0.4, -0.2) is 50.1 Å². The smallest absolute Gasteiger partial charge is 0.226 e. The molecule has 6 nitrogen and oxygen atoms in total. The molecule has 27 heavy (non-hydrogen) atoms. The summed E-state index contributed by atoms with van der Waals surface area (Å²) < 4.78 is 5.56. The zero-order valence-electron chi connectivity index (χ0n) is 16.9. The van der Waals surface area contributed by atoms with Gasteiger partial charge < -0.3 is 20.0 Å². The Kier molecular flexibility index (Phi) is 9.41. The second-order valence-electron chi connectivity index (χ2n) is 6.93. The minimum absolute atomic E-state index is 0.584. The molecule has 0 atom stereocenters. The van der Waals surface area contributed by atoms with Crippen molar-refractivity contribution in [1.82, 2.24) is 20.5 Å². The molecular formula is C21H33N5O. The van der Waals surface area contributed by atoms with E-state index in [1.54, 1.807) is 13.3 Å². The number of unbranched alkanes of at least 4 members (excludes halogenated alkanes) is 4. The molecule has 0 aliphatic rings. The summed E-state index contributed by atoms with van der Waals surface area (Å²) in [5.74, 6) is 1.44. The highest BCUT2D eigenvalue weighted by atomic mass is 16.3. The predicted molar refractivity (Wildman–Crippen MR) is 112 cm³/mol. The second-order valence-corrected chi connectivity index (χ2v) is 6.93. The van der Waals surface area contributed by atoms with Crippen LogP contribution in [0.5, 0.6) is 0 Å². The molecule has 2 rings (SSSR count). The number of hydrogen-bond donors (Lipinski definition) is 2. The van der Waals surface area contributed by atoms with Crippen LogP contribution in [0.15, 0.2) is 46.0 Å². The van der Waals surface area contributed by atoms with E-state index in [2.05, 4.69) is 39.6 Å². The summed E-state index contributed by atoms with van der Waals surface area (Å²) in [6.07, 6.45) is 7.98. The Morgan fingerprint density at radius 2 is 1.78 bits per heavy atom. The van der Waals surface area contributed by atoms with Gasteiger partial charge in [0.1, 0.15) is 6.26 Å². The number of rotatable bonds is 11. The van der Waals surface area contributed by atoms with Crippen molar-refractivity contribution in [3.05, 3.63) is 42.3 Å². The van der Waals surface area contributed by atoms with Crippen LogP contribution < -0.4 is 10.6 Å². The van der Waals surface area contributed by atoms with Gasteiger partial charge in [0, 0.05) is 19.2 Å². The fourth-order valence-electron chi connectivity index (χ4n) is 2.79. The number of nitrogens with zero attached hydrogens (tertiary/aromatic N) is 3. The van der Waals surface area contributed by atoms with E-state index in [1.807, 2.05) is 30.3 Å². The average molecular weight is 372 g/mol. The number of aliphatic imine (C=N–C) groups is 1. The number of oxazole rings is 1. The number of benzene rings is 1. The molecule has 6 heteroatoms. The van der Waals surface area contributed by atoms with E-state index in [9.17, 15) is 0 Å². The van der Waals surface area contributed by atoms with E-state index < -0.39 is 0 Å². The Morgan fingerprint density at radius 1 is 1.04 bits per heavy atom. The molecule has 0 saturated heterocycles. The maximum Gasteiger partial charge on any atom is 0.226 e. The number of aromatic nitrogens is 1. The molecule has 0 radical (unpaired) electrons. The van der Waals surface area contributed by atoms with Crippen LogP contribution in [0.2, 0.25) is 0 Å². The van der Waals surface area contributed by atoms with Gasteiger partial charge >= 0.3 is 0 Å². The molecule has 0 amide bonds. The van der Waals surface area contributed by atoms with Gasteiger partial charge in [-0.15, -0.1) is 0 Å². The number of hydrogen-bond acceptors (Lipinski definition) is 4. The van der Waals surface area contributed by atoms with Gasteiger partial charge in [0.2, 0.25) is 5.89 Å². The molecule has 148 valence electrons. The zero-order chi connectivity index (χ0) is 19.3. The van der Waals surface area contributed by atoms with Crippen molar-refractivity contribution in [2.75, 3.05) is 34.2 Å². The van der Waals surface area contributed by atoms with Gasteiger partial charge in [-0.05, 0) is 45.6 Å². The highest BCUT2D eigenvalue weighted by Crippen LogP contribution is 2.17. The second kappa shape index (κ2) is 12.1. The fourth-order valence-corrected chi connectivity index (χ4v) is 2.79. The molecular weight excluding hydrogens is 338 g/mol. The van der Waals surface area contributed by atoms with Gasteiger partial charge in [-0.25, -0.2) is 4.98 Å². The lowest BCUT2D eigenvalue weighted by atomic mass is 10.1. The van der Waals surface area contributed by atoms with E-state index in [4.69, 9.17) is 4.42 Å². The lowest BCUT2D eigenvalue weighted by molar-refractivity contribution is 0.389. The van der Waals surface area contributed by atoms with E-state index in [0.29, 0.717) is 12.4 Å². The van der Waals surface area contributed by atoms with Gasteiger partial charge in [-0.3, -0.25) is 4.99 Å². The van der Waals surface area contributed by atoms with Crippen LogP contribution in [0.3, 0.4) is 0 Å². The Hall–Kier alpha value is -2.34. The zero-order valence-corrected chi connectivity index (χ0v) is 16.9. The monoisotopic (exact) mass is 371 g/mol. The lowest BCUT2D eigenvalue weighted by Gasteiger charge is -2.11. The summed E-state index contributed by atoms with van der Waals surface area (Å²) in [6.45, 7) is 2.70. The van der Waals surface area contributed by atoms with Gasteiger partial charge in [0.15, 0.2) is 5.96 Å². The Balaban J connectivity index is 1.61. The number of guanidine groups is 1. The van der Waals surface area contributed by atoms with Crippen LogP contribution in [-0.2, 0) is 6.54 Å². The molecule has 0 spiro atoms. The first-order valence-electron chi connectivity index (χ1n) is 9.78. The quantitative estimate of drug-likeness (QED) is 0.359. The Morgan fingerprint density at radius 3 is 2.52 bits per heavy atom. The molecule has 0 unspecified atom stereocenters. The fraction of sp³-hybridized carbons (Fsp3) is 0.524. The average Bonchev–Trinajstić information content (AvgIpc) is 3.16. The van der Waals surface area contributed by atoms with Crippen molar-refractivity contribution in [2.24, 2.45) is 4.99 Å². The van der Waals surface area contributed by atoms with Crippen molar-refractivity contribution in [2.45, 2.75) is 38.6 Å². The molecule has 2 N–H and O–H groups in total. The summed E-state index contributed by atoms with van der Waals surface area (Å²) in [5, 5.41) is 6.64. The predicted octanol–water partition coefficient (Wildman–Crippen LogP) is 3.52. The van der Waals surface area contributed by atoms with Gasteiger partial charge in [0.05, 0.1) is 12.2 Å². The summed E-state index contributed by atoms with van der Waals surface area (Å²) >= 11 is 0. The number of nitrogens with one attached hydrogen (secondary N) is 2. The molecule has 0 fully saturated rings. The first-order chi connectivity index (χ1) is 13.2. The standard InChI is InChI=1S/C21H33N5O/c1-22-21(23-14-10-5-4-6-11-15-26(2)3)24-16-19-17-27-20(25-19)18-12-8-7-9-13-18/h7-9,12-13,17H,4-6,10-11,14-16H2,1-3H3,(H2,22,23,24).